The van der Waals surface area contributed by atoms with Gasteiger partial charge < -0.3 is 5.11 Å². The molecule has 14 heavy (non-hydrogen) atoms. The lowest BCUT2D eigenvalue weighted by atomic mass is 10.1. The van der Waals surface area contributed by atoms with Crippen LogP contribution in [0.25, 0.3) is 0 Å². The average Bonchev–Trinajstić information content (AvgIpc) is 2.15. The highest BCUT2D eigenvalue weighted by molar-refractivity contribution is 5.27. The summed E-state index contributed by atoms with van der Waals surface area (Å²) in [5.74, 6) is 1.06. The van der Waals surface area contributed by atoms with Crippen molar-refractivity contribution in [3.8, 4) is 5.75 Å². The molecule has 1 aromatic carbocycles. The quantitative estimate of drug-likeness (QED) is 0.720. The Morgan fingerprint density at radius 3 is 2.36 bits per heavy atom. The third-order valence-electron chi connectivity index (χ3n) is 2.06. The zero-order valence-electron chi connectivity index (χ0n) is 8.90. The first kappa shape index (κ1) is 10.8. The molecule has 0 bridgehead atoms. The summed E-state index contributed by atoms with van der Waals surface area (Å²) in [6.45, 7) is 4.43. The topological polar surface area (TPSA) is 20.2 Å². The molecule has 0 aromatic heterocycles. The molecule has 1 rings (SSSR count). The highest BCUT2D eigenvalue weighted by atomic mass is 16.3. The molecule has 1 aromatic rings. The summed E-state index contributed by atoms with van der Waals surface area (Å²) in [6.07, 6.45) is 6.50. The van der Waals surface area contributed by atoms with Crippen molar-refractivity contribution in [1.82, 2.24) is 0 Å². The lowest BCUT2D eigenvalue weighted by Gasteiger charge is -1.98. The normalized spacial score (nSPS) is 11.4. The summed E-state index contributed by atoms with van der Waals surface area (Å²) >= 11 is 0. The average molecular weight is 190 g/mol. The second-order valence-corrected chi connectivity index (χ2v) is 3.97. The molecule has 1 N–H and O–H groups in total. The number of aromatic hydroxyl groups is 1. The van der Waals surface area contributed by atoms with E-state index in [1.807, 2.05) is 12.1 Å². The maximum atomic E-state index is 9.08. The fraction of sp³-hybridized carbons (Fsp3) is 0.385. The predicted octanol–water partition coefficient (Wildman–Crippen LogP) is 3.54. The summed E-state index contributed by atoms with van der Waals surface area (Å²) in [5, 5.41) is 9.08. The van der Waals surface area contributed by atoms with Crippen molar-refractivity contribution < 1.29 is 5.11 Å². The van der Waals surface area contributed by atoms with Crippen LogP contribution in [-0.4, -0.2) is 5.11 Å². The monoisotopic (exact) mass is 190 g/mol. The first-order valence-corrected chi connectivity index (χ1v) is 5.11. The summed E-state index contributed by atoms with van der Waals surface area (Å²) in [4.78, 5) is 0. The molecule has 0 saturated heterocycles. The Balaban J connectivity index is 2.38. The number of phenolic OH excluding ortho intramolecular Hbond substituents is 1. The van der Waals surface area contributed by atoms with Gasteiger partial charge in [-0.25, -0.2) is 0 Å². The molecule has 1 nitrogen and oxygen atoms in total. The number of allylic oxidation sites excluding steroid dienone is 2. The Morgan fingerprint density at radius 2 is 1.79 bits per heavy atom. The van der Waals surface area contributed by atoms with Crippen LogP contribution in [0.15, 0.2) is 36.4 Å². The SMILES string of the molecule is CC(C)C/C=C/Cc1ccc(O)cc1. The molecular weight excluding hydrogens is 172 g/mol. The molecule has 0 atom stereocenters. The van der Waals surface area contributed by atoms with Crippen LogP contribution in [-0.2, 0) is 6.42 Å². The van der Waals surface area contributed by atoms with Gasteiger partial charge in [-0.3, -0.25) is 0 Å². The molecule has 0 amide bonds. The van der Waals surface area contributed by atoms with E-state index in [1.54, 1.807) is 12.1 Å². The summed E-state index contributed by atoms with van der Waals surface area (Å²) in [5.41, 5.74) is 1.24. The van der Waals surface area contributed by atoms with Gasteiger partial charge in [0.1, 0.15) is 5.75 Å². The number of hydrogen-bond acceptors (Lipinski definition) is 1. The van der Waals surface area contributed by atoms with Gasteiger partial charge >= 0.3 is 0 Å². The number of hydrogen-bond donors (Lipinski definition) is 1. The van der Waals surface area contributed by atoms with E-state index in [0.29, 0.717) is 5.75 Å². The van der Waals surface area contributed by atoms with Crippen LogP contribution < -0.4 is 0 Å². The van der Waals surface area contributed by atoms with E-state index in [-0.39, 0.29) is 0 Å². The van der Waals surface area contributed by atoms with Crippen molar-refractivity contribution in [3.63, 3.8) is 0 Å². The highest BCUT2D eigenvalue weighted by Crippen LogP contribution is 2.10. The first-order chi connectivity index (χ1) is 6.68. The van der Waals surface area contributed by atoms with E-state index in [4.69, 9.17) is 5.11 Å². The Hall–Kier alpha value is -1.24. The van der Waals surface area contributed by atoms with Gasteiger partial charge in [0, 0.05) is 0 Å². The molecule has 0 heterocycles. The fourth-order valence-electron chi connectivity index (χ4n) is 1.22. The van der Waals surface area contributed by atoms with Gasteiger partial charge in [-0.1, -0.05) is 38.1 Å². The number of benzene rings is 1. The van der Waals surface area contributed by atoms with Crippen LogP contribution in [0.2, 0.25) is 0 Å². The third-order valence-corrected chi connectivity index (χ3v) is 2.06. The third kappa shape index (κ3) is 4.13. The molecule has 0 unspecified atom stereocenters. The molecule has 0 aliphatic rings. The van der Waals surface area contributed by atoms with Crippen LogP contribution in [0.5, 0.6) is 5.75 Å². The maximum Gasteiger partial charge on any atom is 0.115 e. The van der Waals surface area contributed by atoms with Crippen molar-refractivity contribution in [2.24, 2.45) is 5.92 Å². The van der Waals surface area contributed by atoms with E-state index >= 15 is 0 Å². The van der Waals surface area contributed by atoms with Crippen LogP contribution >= 0.6 is 0 Å². The largest absolute Gasteiger partial charge is 0.508 e. The lowest BCUT2D eigenvalue weighted by molar-refractivity contribution is 0.475. The molecule has 1 heteroatoms. The van der Waals surface area contributed by atoms with Crippen LogP contribution in [0.4, 0.5) is 0 Å². The Bertz CT molecular complexity index is 283. The summed E-state index contributed by atoms with van der Waals surface area (Å²) in [7, 11) is 0. The van der Waals surface area contributed by atoms with Crippen LogP contribution in [0, 0.1) is 5.92 Å². The zero-order chi connectivity index (χ0) is 10.4. The van der Waals surface area contributed by atoms with Gasteiger partial charge in [-0.05, 0) is 36.5 Å². The smallest absolute Gasteiger partial charge is 0.115 e. The van der Waals surface area contributed by atoms with E-state index in [0.717, 1.165) is 18.8 Å². The first-order valence-electron chi connectivity index (χ1n) is 5.11. The minimum absolute atomic E-state index is 0.333. The van der Waals surface area contributed by atoms with Gasteiger partial charge in [-0.15, -0.1) is 0 Å². The highest BCUT2D eigenvalue weighted by Gasteiger charge is 1.90. The number of phenols is 1. The lowest BCUT2D eigenvalue weighted by Crippen LogP contribution is -1.83. The fourth-order valence-corrected chi connectivity index (χ4v) is 1.22. The predicted molar refractivity (Wildman–Crippen MR) is 60.4 cm³/mol. The minimum Gasteiger partial charge on any atom is -0.508 e. The molecule has 0 radical (unpaired) electrons. The molecule has 0 fully saturated rings. The Morgan fingerprint density at radius 1 is 1.14 bits per heavy atom. The molecule has 0 aliphatic heterocycles. The number of rotatable bonds is 4. The van der Waals surface area contributed by atoms with E-state index in [2.05, 4.69) is 26.0 Å². The van der Waals surface area contributed by atoms with Gasteiger partial charge in [0.05, 0.1) is 0 Å². The van der Waals surface area contributed by atoms with Gasteiger partial charge in [0.25, 0.3) is 0 Å². The molecule has 0 saturated carbocycles. The molecule has 0 spiro atoms. The maximum absolute atomic E-state index is 9.08. The summed E-state index contributed by atoms with van der Waals surface area (Å²) in [6, 6.07) is 7.36. The van der Waals surface area contributed by atoms with Crippen molar-refractivity contribution in [3.05, 3.63) is 42.0 Å². The minimum atomic E-state index is 0.333. The molecular formula is C13H18O. The van der Waals surface area contributed by atoms with Crippen molar-refractivity contribution in [2.45, 2.75) is 26.7 Å². The second-order valence-electron chi connectivity index (χ2n) is 3.97. The van der Waals surface area contributed by atoms with E-state index in [9.17, 15) is 0 Å². The molecule has 76 valence electrons. The van der Waals surface area contributed by atoms with Gasteiger partial charge in [-0.2, -0.15) is 0 Å². The zero-order valence-corrected chi connectivity index (χ0v) is 8.90. The summed E-state index contributed by atoms with van der Waals surface area (Å²) < 4.78 is 0. The van der Waals surface area contributed by atoms with Crippen LogP contribution in [0.3, 0.4) is 0 Å². The van der Waals surface area contributed by atoms with Crippen molar-refractivity contribution >= 4 is 0 Å². The van der Waals surface area contributed by atoms with Gasteiger partial charge in [0.15, 0.2) is 0 Å². The Kier molecular flexibility index (Phi) is 4.24. The van der Waals surface area contributed by atoms with Crippen molar-refractivity contribution in [1.29, 1.82) is 0 Å². The van der Waals surface area contributed by atoms with E-state index in [1.165, 1.54) is 5.56 Å². The van der Waals surface area contributed by atoms with Crippen molar-refractivity contribution in [2.75, 3.05) is 0 Å². The standard InChI is InChI=1S/C13H18O/c1-11(2)5-3-4-6-12-7-9-13(14)10-8-12/h3-4,7-11,14H,5-6H2,1-2H3/b4-3+. The molecule has 0 aliphatic carbocycles. The van der Waals surface area contributed by atoms with E-state index < -0.39 is 0 Å². The van der Waals surface area contributed by atoms with Gasteiger partial charge in [0.2, 0.25) is 0 Å². The Labute approximate surface area is 86.1 Å². The second kappa shape index (κ2) is 5.48. The van der Waals surface area contributed by atoms with Crippen LogP contribution in [0.1, 0.15) is 25.8 Å².